The molecule has 0 spiro atoms. The van der Waals surface area contributed by atoms with E-state index in [2.05, 4.69) is 4.98 Å². The first-order valence-corrected chi connectivity index (χ1v) is 3.98. The molecule has 0 aromatic carbocycles. The molecule has 0 radical (unpaired) electrons. The van der Waals surface area contributed by atoms with Crippen molar-refractivity contribution in [3.8, 4) is 0 Å². The van der Waals surface area contributed by atoms with Crippen molar-refractivity contribution in [2.24, 2.45) is 0 Å². The molecular formula is C7H6F3NS. The van der Waals surface area contributed by atoms with E-state index in [1.807, 2.05) is 0 Å². The molecule has 0 aliphatic rings. The number of thioether (sulfide) groups is 1. The monoisotopic (exact) mass is 193 g/mol. The summed E-state index contributed by atoms with van der Waals surface area (Å²) in [5.41, 5.74) is -3.71. The first kappa shape index (κ1) is 9.38. The third-order valence-electron chi connectivity index (χ3n) is 1.17. The van der Waals surface area contributed by atoms with Crippen molar-refractivity contribution in [2.75, 3.05) is 0 Å². The topological polar surface area (TPSA) is 12.9 Å². The number of aryl methyl sites for hydroxylation is 1. The molecule has 0 bridgehead atoms. The SMILES string of the molecule is Cc1cccnc1SC(F)(F)F. The van der Waals surface area contributed by atoms with E-state index in [0.717, 1.165) is 0 Å². The molecule has 1 heterocycles. The van der Waals surface area contributed by atoms with Crippen molar-refractivity contribution in [1.29, 1.82) is 0 Å². The first-order chi connectivity index (χ1) is 5.49. The van der Waals surface area contributed by atoms with Crippen LogP contribution in [-0.2, 0) is 0 Å². The first-order valence-electron chi connectivity index (χ1n) is 3.16. The lowest BCUT2D eigenvalue weighted by molar-refractivity contribution is -0.0329. The minimum Gasteiger partial charge on any atom is -0.249 e. The van der Waals surface area contributed by atoms with Crippen LogP contribution in [0.25, 0.3) is 0 Å². The van der Waals surface area contributed by atoms with E-state index < -0.39 is 5.51 Å². The van der Waals surface area contributed by atoms with Crippen LogP contribution in [0.15, 0.2) is 23.4 Å². The fraction of sp³-hybridized carbons (Fsp3) is 0.286. The molecule has 0 saturated heterocycles. The standard InChI is InChI=1S/C7H6F3NS/c1-5-3-2-4-11-6(5)12-7(8,9)10/h2-4H,1H3. The molecule has 1 aromatic heterocycles. The van der Waals surface area contributed by atoms with E-state index in [1.54, 1.807) is 19.1 Å². The minimum atomic E-state index is -4.25. The van der Waals surface area contributed by atoms with E-state index >= 15 is 0 Å². The maximum atomic E-state index is 11.8. The van der Waals surface area contributed by atoms with Crippen molar-refractivity contribution in [3.05, 3.63) is 23.9 Å². The normalized spacial score (nSPS) is 11.7. The maximum absolute atomic E-state index is 11.8. The largest absolute Gasteiger partial charge is 0.447 e. The second kappa shape index (κ2) is 3.35. The van der Waals surface area contributed by atoms with Crippen LogP contribution in [0, 0.1) is 6.92 Å². The zero-order valence-corrected chi connectivity index (χ0v) is 7.04. The number of nitrogens with zero attached hydrogens (tertiary/aromatic N) is 1. The Bertz CT molecular complexity index is 272. The molecule has 0 atom stereocenters. The van der Waals surface area contributed by atoms with Crippen molar-refractivity contribution < 1.29 is 13.2 Å². The molecular weight excluding hydrogens is 187 g/mol. The van der Waals surface area contributed by atoms with Gasteiger partial charge in [-0.15, -0.1) is 0 Å². The molecule has 66 valence electrons. The van der Waals surface area contributed by atoms with Gasteiger partial charge in [0.1, 0.15) is 5.03 Å². The molecule has 0 unspecified atom stereocenters. The van der Waals surface area contributed by atoms with Gasteiger partial charge in [-0.1, -0.05) is 6.07 Å². The average molecular weight is 193 g/mol. The number of alkyl halides is 3. The average Bonchev–Trinajstić information content (AvgIpc) is 1.91. The molecule has 0 saturated carbocycles. The van der Waals surface area contributed by atoms with Gasteiger partial charge in [-0.05, 0) is 18.6 Å². The van der Waals surface area contributed by atoms with Crippen LogP contribution in [0.5, 0.6) is 0 Å². The molecule has 0 aliphatic carbocycles. The number of hydrogen-bond donors (Lipinski definition) is 0. The van der Waals surface area contributed by atoms with Gasteiger partial charge in [-0.3, -0.25) is 0 Å². The van der Waals surface area contributed by atoms with Crippen LogP contribution in [0.1, 0.15) is 5.56 Å². The number of pyridine rings is 1. The van der Waals surface area contributed by atoms with Gasteiger partial charge in [-0.2, -0.15) is 13.2 Å². The van der Waals surface area contributed by atoms with Gasteiger partial charge in [0.05, 0.1) is 0 Å². The summed E-state index contributed by atoms with van der Waals surface area (Å²) in [5, 5.41) is 0.0185. The van der Waals surface area contributed by atoms with Crippen molar-refractivity contribution in [1.82, 2.24) is 4.98 Å². The van der Waals surface area contributed by atoms with Crippen LogP contribution >= 0.6 is 11.8 Å². The molecule has 0 N–H and O–H groups in total. The third-order valence-corrected chi connectivity index (χ3v) is 2.03. The Kier molecular flexibility index (Phi) is 2.62. The number of halogens is 3. The molecule has 0 amide bonds. The quantitative estimate of drug-likeness (QED) is 0.636. The summed E-state index contributed by atoms with van der Waals surface area (Å²) in [7, 11) is 0. The Hall–Kier alpha value is -0.710. The van der Waals surface area contributed by atoms with Crippen molar-refractivity contribution >= 4 is 11.8 Å². The Morgan fingerprint density at radius 2 is 2.08 bits per heavy atom. The van der Waals surface area contributed by atoms with E-state index in [1.165, 1.54) is 6.20 Å². The second-order valence-electron chi connectivity index (χ2n) is 2.17. The van der Waals surface area contributed by atoms with Gasteiger partial charge in [0.25, 0.3) is 0 Å². The van der Waals surface area contributed by atoms with Gasteiger partial charge in [0, 0.05) is 18.0 Å². The van der Waals surface area contributed by atoms with Crippen LogP contribution in [-0.4, -0.2) is 10.5 Å². The second-order valence-corrected chi connectivity index (χ2v) is 3.23. The van der Waals surface area contributed by atoms with E-state index in [0.29, 0.717) is 5.56 Å². The Balaban J connectivity index is 2.83. The summed E-state index contributed by atoms with van der Waals surface area (Å²) in [4.78, 5) is 3.61. The predicted octanol–water partition coefficient (Wildman–Crippen LogP) is 3.00. The lowest BCUT2D eigenvalue weighted by Gasteiger charge is -2.05. The van der Waals surface area contributed by atoms with Gasteiger partial charge in [-0.25, -0.2) is 4.98 Å². The van der Waals surface area contributed by atoms with Crippen LogP contribution in [0.3, 0.4) is 0 Å². The molecule has 1 nitrogen and oxygen atoms in total. The highest BCUT2D eigenvalue weighted by Gasteiger charge is 2.30. The van der Waals surface area contributed by atoms with Gasteiger partial charge in [0.2, 0.25) is 0 Å². The molecule has 5 heteroatoms. The number of aromatic nitrogens is 1. The van der Waals surface area contributed by atoms with Crippen LogP contribution in [0.4, 0.5) is 13.2 Å². The van der Waals surface area contributed by atoms with Gasteiger partial charge < -0.3 is 0 Å². The van der Waals surface area contributed by atoms with Crippen molar-refractivity contribution in [2.45, 2.75) is 17.5 Å². The van der Waals surface area contributed by atoms with Gasteiger partial charge >= 0.3 is 5.51 Å². The van der Waals surface area contributed by atoms with E-state index in [9.17, 15) is 13.2 Å². The minimum absolute atomic E-state index is 0.0185. The van der Waals surface area contributed by atoms with Crippen LogP contribution in [0.2, 0.25) is 0 Å². The number of rotatable bonds is 1. The Morgan fingerprint density at radius 1 is 1.42 bits per heavy atom. The summed E-state index contributed by atoms with van der Waals surface area (Å²) in [6.07, 6.45) is 1.35. The highest BCUT2D eigenvalue weighted by Crippen LogP contribution is 2.36. The maximum Gasteiger partial charge on any atom is 0.447 e. The fourth-order valence-electron chi connectivity index (χ4n) is 0.688. The van der Waals surface area contributed by atoms with Gasteiger partial charge in [0.15, 0.2) is 0 Å². The highest BCUT2D eigenvalue weighted by molar-refractivity contribution is 8.00. The Morgan fingerprint density at radius 3 is 2.58 bits per heavy atom. The zero-order chi connectivity index (χ0) is 9.19. The summed E-state index contributed by atoms with van der Waals surface area (Å²) in [6, 6.07) is 3.21. The number of hydrogen-bond acceptors (Lipinski definition) is 2. The lowest BCUT2D eigenvalue weighted by Crippen LogP contribution is -2.01. The van der Waals surface area contributed by atoms with E-state index in [4.69, 9.17) is 0 Å². The summed E-state index contributed by atoms with van der Waals surface area (Å²) in [5.74, 6) is 0. The molecule has 12 heavy (non-hydrogen) atoms. The third kappa shape index (κ3) is 2.73. The van der Waals surface area contributed by atoms with E-state index in [-0.39, 0.29) is 16.8 Å². The fourth-order valence-corrected chi connectivity index (χ4v) is 1.25. The molecule has 1 rings (SSSR count). The lowest BCUT2D eigenvalue weighted by atomic mass is 10.3. The van der Waals surface area contributed by atoms with Crippen LogP contribution < -0.4 is 0 Å². The summed E-state index contributed by atoms with van der Waals surface area (Å²) >= 11 is -0.184. The predicted molar refractivity (Wildman–Crippen MR) is 40.9 cm³/mol. The molecule has 1 aromatic rings. The smallest absolute Gasteiger partial charge is 0.249 e. The van der Waals surface area contributed by atoms with Crippen molar-refractivity contribution in [3.63, 3.8) is 0 Å². The highest BCUT2D eigenvalue weighted by atomic mass is 32.2. The zero-order valence-electron chi connectivity index (χ0n) is 6.22. The molecule has 0 aliphatic heterocycles. The Labute approximate surface area is 72.0 Å². The summed E-state index contributed by atoms with van der Waals surface area (Å²) in [6.45, 7) is 1.60. The molecule has 0 fully saturated rings. The summed E-state index contributed by atoms with van der Waals surface area (Å²) < 4.78 is 35.5.